The first-order valence-electron chi connectivity index (χ1n) is 36.5. The first-order valence-corrected chi connectivity index (χ1v) is 37.4. The number of unbranched alkanes of at least 4 members (excludes halogenated alkanes) is 3. The molecular weight excluding hydrogens is 1320 g/mol. The lowest BCUT2D eigenvalue weighted by Gasteiger charge is -2.40. The van der Waals surface area contributed by atoms with E-state index in [1.807, 2.05) is 44.5 Å². The molecule has 1 aromatic carbocycles. The Morgan fingerprint density at radius 2 is 1.45 bits per heavy atom. The molecule has 101 heavy (non-hydrogen) atoms. The van der Waals surface area contributed by atoms with E-state index in [9.17, 15) is 43.5 Å². The number of benzene rings is 1. The molecule has 0 radical (unpaired) electrons. The van der Waals surface area contributed by atoms with Gasteiger partial charge in [0.2, 0.25) is 29.5 Å². The smallest absolute Gasteiger partial charge is 0.407 e. The number of ether oxygens (including phenoxy) is 6. The van der Waals surface area contributed by atoms with E-state index in [0.29, 0.717) is 100 Å². The Balaban J connectivity index is 1.08. The van der Waals surface area contributed by atoms with Gasteiger partial charge in [0.1, 0.15) is 34.6 Å². The van der Waals surface area contributed by atoms with Crippen LogP contribution in [0.4, 0.5) is 14.9 Å². The fourth-order valence-electron chi connectivity index (χ4n) is 12.8. The average Bonchev–Trinajstić information content (AvgIpc) is 1.64. The molecule has 2 aromatic rings. The molecule has 1 saturated heterocycles. The molecular formula is C74H116FN9O16S. The van der Waals surface area contributed by atoms with E-state index < -0.39 is 89.2 Å². The lowest BCUT2D eigenvalue weighted by molar-refractivity contribution is -0.150. The Hall–Kier alpha value is -6.83. The molecule has 1 unspecified atom stereocenters. The van der Waals surface area contributed by atoms with Crippen LogP contribution in [0.5, 0.6) is 0 Å². The van der Waals surface area contributed by atoms with Crippen LogP contribution in [-0.4, -0.2) is 196 Å². The molecule has 566 valence electrons. The zero-order valence-corrected chi connectivity index (χ0v) is 62.6. The summed E-state index contributed by atoms with van der Waals surface area (Å²) in [5, 5.41) is 28.6. The molecule has 1 aliphatic heterocycles. The van der Waals surface area contributed by atoms with Crippen LogP contribution in [0.1, 0.15) is 200 Å². The number of aromatic nitrogens is 1. The quantitative estimate of drug-likeness (QED) is 0.0185. The number of carbonyl (C=O) groups is 9. The van der Waals surface area contributed by atoms with Crippen molar-refractivity contribution in [3.63, 3.8) is 0 Å². The van der Waals surface area contributed by atoms with Gasteiger partial charge in [0, 0.05) is 63.2 Å². The predicted molar refractivity (Wildman–Crippen MR) is 382 cm³/mol. The number of aliphatic carboxylic acids is 1. The largest absolute Gasteiger partial charge is 0.481 e. The number of thiazole rings is 1. The molecule has 2 aliphatic carbocycles. The summed E-state index contributed by atoms with van der Waals surface area (Å²) in [6.07, 6.45) is 9.33. The molecule has 5 rings (SSSR count). The molecule has 1 aromatic heterocycles. The number of piperidine rings is 1. The number of rotatable bonds is 46. The van der Waals surface area contributed by atoms with E-state index in [-0.39, 0.29) is 92.5 Å². The number of amides is 7. The summed E-state index contributed by atoms with van der Waals surface area (Å²) in [6, 6.07) is -0.717. The first kappa shape index (κ1) is 84.8. The highest BCUT2D eigenvalue weighted by atomic mass is 32.1. The fraction of sp³-hybridized carbons (Fsp3) is 0.730. The second-order valence-corrected chi connectivity index (χ2v) is 29.3. The molecule has 2 heterocycles. The number of hydrogen-bond acceptors (Lipinski definition) is 18. The first-order chi connectivity index (χ1) is 48.1. The van der Waals surface area contributed by atoms with Gasteiger partial charge >= 0.3 is 18.0 Å². The molecule has 0 bridgehead atoms. The molecule has 0 spiro atoms. The normalized spacial score (nSPS) is 18.8. The lowest BCUT2D eigenvalue weighted by atomic mass is 9.84. The van der Waals surface area contributed by atoms with Gasteiger partial charge in [-0.3, -0.25) is 43.3 Å². The summed E-state index contributed by atoms with van der Waals surface area (Å²) in [6.45, 7) is 23.4. The molecule has 11 atom stereocenters. The topological polar surface area (TPSA) is 321 Å². The van der Waals surface area contributed by atoms with Gasteiger partial charge in [-0.1, -0.05) is 86.6 Å². The summed E-state index contributed by atoms with van der Waals surface area (Å²) < 4.78 is 49.5. The second kappa shape index (κ2) is 44.0. The van der Waals surface area contributed by atoms with Crippen LogP contribution >= 0.6 is 11.3 Å². The van der Waals surface area contributed by atoms with Crippen molar-refractivity contribution >= 4 is 70.5 Å². The van der Waals surface area contributed by atoms with Crippen molar-refractivity contribution in [2.24, 2.45) is 40.9 Å². The van der Waals surface area contributed by atoms with Crippen LogP contribution < -0.4 is 31.9 Å². The predicted octanol–water partition coefficient (Wildman–Crippen LogP) is 8.77. The SMILES string of the molecule is CCCCCCN(C(=O)[C@@H](NC(=O)[C@H]1CCCCN1C)[C@@H](C)CC)[C@H](C[C@@H](OC(C)=O)c1nc(C(=O)N[C@@H](Cc2ccc(NC(=O)[C@H](C)NC(=O)[C@@H](NC(=O)CCOCCOCCOCCOCCNC(=O)OCC3[C@H]4CCC#CCC[C@@H]34)C(C)C)c(F)c2)CC(C)(C)C(=O)O)cs1)C(C)C. The number of nitrogens with zero attached hydrogens (tertiary/aromatic N) is 3. The van der Waals surface area contributed by atoms with Crippen LogP contribution in [0.3, 0.4) is 0 Å². The molecule has 3 aliphatic rings. The van der Waals surface area contributed by atoms with Crippen molar-refractivity contribution in [1.29, 1.82) is 0 Å². The summed E-state index contributed by atoms with van der Waals surface area (Å²) in [5.74, 6) is 1.85. The number of anilines is 1. The van der Waals surface area contributed by atoms with Crippen molar-refractivity contribution in [1.82, 2.24) is 41.4 Å². The number of halogens is 1. The number of carboxylic acids is 1. The number of likely N-dealkylation sites (tertiary alicyclic amines) is 1. The van der Waals surface area contributed by atoms with E-state index in [2.05, 4.69) is 55.6 Å². The van der Waals surface area contributed by atoms with Gasteiger partial charge in [-0.25, -0.2) is 14.2 Å². The Morgan fingerprint density at radius 1 is 0.792 bits per heavy atom. The number of nitrogens with one attached hydrogen (secondary N) is 6. The maximum atomic E-state index is 16.0. The van der Waals surface area contributed by atoms with Gasteiger partial charge in [0.15, 0.2) is 6.10 Å². The zero-order valence-electron chi connectivity index (χ0n) is 61.8. The Kier molecular flexibility index (Phi) is 36.9. The van der Waals surface area contributed by atoms with Crippen molar-refractivity contribution in [2.75, 3.05) is 91.5 Å². The molecule has 2 fully saturated rings. The highest BCUT2D eigenvalue weighted by molar-refractivity contribution is 7.09. The minimum Gasteiger partial charge on any atom is -0.481 e. The van der Waals surface area contributed by atoms with E-state index in [1.54, 1.807) is 13.8 Å². The highest BCUT2D eigenvalue weighted by Gasteiger charge is 2.49. The Morgan fingerprint density at radius 3 is 2.04 bits per heavy atom. The maximum Gasteiger partial charge on any atom is 0.407 e. The minimum atomic E-state index is -1.36. The summed E-state index contributed by atoms with van der Waals surface area (Å²) in [7, 11) is 1.93. The number of fused-ring (bicyclic) bond motifs is 1. The van der Waals surface area contributed by atoms with Gasteiger partial charge in [0.25, 0.3) is 5.91 Å². The average molecular weight is 1440 g/mol. The van der Waals surface area contributed by atoms with Crippen LogP contribution in [0.25, 0.3) is 0 Å². The van der Waals surface area contributed by atoms with Gasteiger partial charge in [-0.15, -0.1) is 23.2 Å². The Bertz CT molecular complexity index is 3030. The monoisotopic (exact) mass is 1440 g/mol. The van der Waals surface area contributed by atoms with Crippen LogP contribution in [0.2, 0.25) is 0 Å². The van der Waals surface area contributed by atoms with E-state index in [4.69, 9.17) is 28.4 Å². The third kappa shape index (κ3) is 29.1. The zero-order chi connectivity index (χ0) is 74.2. The summed E-state index contributed by atoms with van der Waals surface area (Å²) in [5.41, 5.74) is -1.26. The summed E-state index contributed by atoms with van der Waals surface area (Å²) in [4.78, 5) is 129. The third-order valence-electron chi connectivity index (χ3n) is 19.2. The van der Waals surface area contributed by atoms with Gasteiger partial charge in [-0.05, 0) is 133 Å². The molecule has 25 nitrogen and oxygen atoms in total. The van der Waals surface area contributed by atoms with E-state index in [0.717, 1.165) is 81.7 Å². The summed E-state index contributed by atoms with van der Waals surface area (Å²) >= 11 is 1.09. The number of likely N-dealkylation sites (N-methyl/N-ethyl adjacent to an activating group) is 1. The van der Waals surface area contributed by atoms with E-state index in [1.165, 1.54) is 45.2 Å². The number of carboxylic acid groups (broad SMARTS) is 1. The molecule has 7 amide bonds. The Labute approximate surface area is 601 Å². The number of hydrogen-bond donors (Lipinski definition) is 7. The highest BCUT2D eigenvalue weighted by Crippen LogP contribution is 2.52. The number of esters is 1. The molecule has 27 heteroatoms. The van der Waals surface area contributed by atoms with Gasteiger partial charge in [0.05, 0.1) is 76.6 Å². The maximum absolute atomic E-state index is 16.0. The van der Waals surface area contributed by atoms with Crippen molar-refractivity contribution in [3.05, 3.63) is 45.7 Å². The molecule has 7 N–H and O–H groups in total. The van der Waals surface area contributed by atoms with Crippen LogP contribution in [-0.2, 0) is 68.4 Å². The van der Waals surface area contributed by atoms with Crippen molar-refractivity contribution < 1.29 is 81.1 Å². The lowest BCUT2D eigenvalue weighted by Crippen LogP contribution is -2.59. The number of alkyl carbamates (subject to hydrolysis) is 1. The van der Waals surface area contributed by atoms with Crippen LogP contribution in [0.15, 0.2) is 23.6 Å². The van der Waals surface area contributed by atoms with Gasteiger partial charge in [-0.2, -0.15) is 0 Å². The molecule has 1 saturated carbocycles. The fourth-order valence-corrected chi connectivity index (χ4v) is 13.7. The minimum absolute atomic E-state index is 0.0403. The van der Waals surface area contributed by atoms with Crippen molar-refractivity contribution in [3.8, 4) is 11.8 Å². The number of carbonyl (C=O) groups excluding carboxylic acids is 8. The van der Waals surface area contributed by atoms with E-state index >= 15 is 9.18 Å². The van der Waals surface area contributed by atoms with Crippen LogP contribution in [0, 0.1) is 58.6 Å². The second-order valence-electron chi connectivity index (χ2n) is 28.4. The standard InChI is InChI=1S/C74H116FN9O16S/c1-13-15-16-22-32-84(71(91)65(49(7)14-2)82-68(89)60-26-21-23-31-83(60)12)61(47(3)4)43-62(100-51(9)85)70-80-59(46-101-70)67(88)78-53(44-74(10,11)72(92)93)41-52-27-28-58(57(75)42-52)79-66(87)50(8)77-69(90)64(48(5)6)81-63(86)29-33-95-35-37-97-39-40-98-38-36-96-34-30-76-73(94)99-45-56-54-24-19-17-18-20-25-55(54)56/h27-28,42,46-50,53-56,60-62,64-65H,13-16,19-26,29-41,43-45H2,1-12H3,(H,76,94)(H,77,90)(H,78,88)(H,79,87)(H,81,86)(H,82,89)(H,92,93)/t49-,50-,53-,54-,55+,56?,60+,61+,62+,64-,65-/m0/s1. The van der Waals surface area contributed by atoms with Crippen molar-refractivity contribution in [2.45, 2.75) is 221 Å². The third-order valence-corrected chi connectivity index (χ3v) is 20.1. The van der Waals surface area contributed by atoms with Gasteiger partial charge < -0.3 is 70.3 Å².